The number of carboxylic acids is 1. The minimum atomic E-state index is -1.05. The van der Waals surface area contributed by atoms with Gasteiger partial charge < -0.3 is 20.5 Å². The Balaban J connectivity index is 2.70. The van der Waals surface area contributed by atoms with E-state index in [1.54, 1.807) is 0 Å². The second-order valence-electron chi connectivity index (χ2n) is 5.70. The number of hydrogen-bond acceptors (Lipinski definition) is 4. The fourth-order valence-corrected chi connectivity index (χ4v) is 1.70. The zero-order valence-corrected chi connectivity index (χ0v) is 12.8. The minimum Gasteiger partial charge on any atom is -0.495 e. The summed E-state index contributed by atoms with van der Waals surface area (Å²) in [6.45, 7) is 6.59. The number of benzene rings is 1. The third-order valence-corrected chi connectivity index (χ3v) is 2.73. The molecule has 0 saturated heterocycles. The third-order valence-electron chi connectivity index (χ3n) is 2.73. The molecule has 0 aromatic heterocycles. The van der Waals surface area contributed by atoms with E-state index in [2.05, 4.69) is 10.6 Å². The summed E-state index contributed by atoms with van der Waals surface area (Å²) in [6.07, 6.45) is 0.289. The highest BCUT2D eigenvalue weighted by molar-refractivity contribution is 5.95. The summed E-state index contributed by atoms with van der Waals surface area (Å²) in [6, 6.07) is 4.33. The molecule has 0 aliphatic carbocycles. The first kappa shape index (κ1) is 17.0. The van der Waals surface area contributed by atoms with Gasteiger partial charge >= 0.3 is 5.97 Å². The molecule has 3 N–H and O–H groups in total. The molecule has 0 heterocycles. The van der Waals surface area contributed by atoms with Gasteiger partial charge in [0.1, 0.15) is 5.75 Å². The molecule has 1 rings (SSSR count). The molecule has 0 unspecified atom stereocenters. The van der Waals surface area contributed by atoms with E-state index in [-0.39, 0.29) is 23.4 Å². The zero-order chi connectivity index (χ0) is 16.0. The molecule has 0 aliphatic rings. The molecule has 1 aromatic carbocycles. The van der Waals surface area contributed by atoms with E-state index >= 15 is 0 Å². The maximum atomic E-state index is 11.9. The molecule has 1 amide bonds. The van der Waals surface area contributed by atoms with Crippen molar-refractivity contribution >= 4 is 17.6 Å². The lowest BCUT2D eigenvalue weighted by Crippen LogP contribution is -2.37. The van der Waals surface area contributed by atoms with Gasteiger partial charge in [-0.1, -0.05) is 0 Å². The molecule has 0 fully saturated rings. The Kier molecular flexibility index (Phi) is 5.72. The summed E-state index contributed by atoms with van der Waals surface area (Å²) in [5.41, 5.74) is 0.401. The Hall–Kier alpha value is -2.08. The van der Waals surface area contributed by atoms with Crippen LogP contribution in [0.2, 0.25) is 0 Å². The Morgan fingerprint density at radius 1 is 1.29 bits per heavy atom. The number of amides is 1. The Morgan fingerprint density at radius 3 is 2.48 bits per heavy atom. The predicted octanol–water partition coefficient (Wildman–Crippen LogP) is 2.11. The first-order valence-corrected chi connectivity index (χ1v) is 6.69. The van der Waals surface area contributed by atoms with Crippen LogP contribution >= 0.6 is 0 Å². The van der Waals surface area contributed by atoms with Crippen molar-refractivity contribution in [2.24, 2.45) is 0 Å². The molecular weight excluding hydrogens is 272 g/mol. The Morgan fingerprint density at radius 2 is 1.95 bits per heavy atom. The van der Waals surface area contributed by atoms with Gasteiger partial charge in [-0.2, -0.15) is 0 Å². The van der Waals surface area contributed by atoms with Crippen molar-refractivity contribution in [3.8, 4) is 5.75 Å². The van der Waals surface area contributed by atoms with Crippen LogP contribution in [0.15, 0.2) is 18.2 Å². The van der Waals surface area contributed by atoms with Crippen LogP contribution in [-0.2, 0) is 4.79 Å². The smallest absolute Gasteiger partial charge is 0.335 e. The molecule has 0 saturated carbocycles. The molecule has 1 aromatic rings. The standard InChI is InChI=1S/C15H22N2O4/c1-15(2,3)16-8-7-13(18)17-11-9-10(14(19)20)5-6-12(11)21-4/h5-6,9,16H,7-8H2,1-4H3,(H,17,18)(H,19,20). The van der Waals surface area contributed by atoms with E-state index in [1.165, 1.54) is 25.3 Å². The number of anilines is 1. The van der Waals surface area contributed by atoms with Crippen molar-refractivity contribution in [2.45, 2.75) is 32.7 Å². The van der Waals surface area contributed by atoms with Crippen molar-refractivity contribution in [3.63, 3.8) is 0 Å². The molecule has 0 bridgehead atoms. The highest BCUT2D eigenvalue weighted by Gasteiger charge is 2.13. The van der Waals surface area contributed by atoms with Gasteiger partial charge in [-0.05, 0) is 39.0 Å². The predicted molar refractivity (Wildman–Crippen MR) is 81.0 cm³/mol. The van der Waals surface area contributed by atoms with E-state index in [4.69, 9.17) is 9.84 Å². The van der Waals surface area contributed by atoms with Crippen LogP contribution < -0.4 is 15.4 Å². The van der Waals surface area contributed by atoms with Gasteiger partial charge in [0.2, 0.25) is 5.91 Å². The van der Waals surface area contributed by atoms with E-state index in [0.717, 1.165) is 0 Å². The lowest BCUT2D eigenvalue weighted by atomic mass is 10.1. The van der Waals surface area contributed by atoms with Gasteiger partial charge in [-0.25, -0.2) is 4.79 Å². The summed E-state index contributed by atoms with van der Waals surface area (Å²) in [5.74, 6) is -0.827. The molecular formula is C15H22N2O4. The number of carbonyl (C=O) groups is 2. The van der Waals surface area contributed by atoms with E-state index in [1.807, 2.05) is 20.8 Å². The number of rotatable bonds is 6. The third kappa shape index (κ3) is 5.83. The number of carbonyl (C=O) groups excluding carboxylic acids is 1. The molecule has 116 valence electrons. The molecule has 0 radical (unpaired) electrons. The van der Waals surface area contributed by atoms with Crippen molar-refractivity contribution in [1.82, 2.24) is 5.32 Å². The number of carboxylic acid groups (broad SMARTS) is 1. The average molecular weight is 294 g/mol. The fraction of sp³-hybridized carbons (Fsp3) is 0.467. The lowest BCUT2D eigenvalue weighted by molar-refractivity contribution is -0.116. The maximum absolute atomic E-state index is 11.9. The second kappa shape index (κ2) is 7.08. The van der Waals surface area contributed by atoms with Gasteiger partial charge in [-0.3, -0.25) is 4.79 Å². The van der Waals surface area contributed by atoms with E-state index < -0.39 is 5.97 Å². The van der Waals surface area contributed by atoms with E-state index in [0.29, 0.717) is 18.0 Å². The number of ether oxygens (including phenoxy) is 1. The number of nitrogens with one attached hydrogen (secondary N) is 2. The SMILES string of the molecule is COc1ccc(C(=O)O)cc1NC(=O)CCNC(C)(C)C. The highest BCUT2D eigenvalue weighted by atomic mass is 16.5. The van der Waals surface area contributed by atoms with Crippen molar-refractivity contribution < 1.29 is 19.4 Å². The normalized spacial score (nSPS) is 11.0. The number of hydrogen-bond donors (Lipinski definition) is 3. The van der Waals surface area contributed by atoms with Gasteiger partial charge in [0.25, 0.3) is 0 Å². The monoisotopic (exact) mass is 294 g/mol. The van der Waals surface area contributed by atoms with Crippen LogP contribution in [0.3, 0.4) is 0 Å². The number of aromatic carboxylic acids is 1. The first-order valence-electron chi connectivity index (χ1n) is 6.69. The summed E-state index contributed by atoms with van der Waals surface area (Å²) in [5, 5.41) is 14.9. The first-order chi connectivity index (χ1) is 9.73. The van der Waals surface area contributed by atoms with Crippen molar-refractivity contribution in [3.05, 3.63) is 23.8 Å². The van der Waals surface area contributed by atoms with Crippen LogP contribution in [0.5, 0.6) is 5.75 Å². The summed E-state index contributed by atoms with van der Waals surface area (Å²) >= 11 is 0. The number of methoxy groups -OCH3 is 1. The van der Waals surface area contributed by atoms with Gasteiger partial charge in [-0.15, -0.1) is 0 Å². The Bertz CT molecular complexity index is 521. The van der Waals surface area contributed by atoms with Crippen LogP contribution in [0.4, 0.5) is 5.69 Å². The van der Waals surface area contributed by atoms with Crippen molar-refractivity contribution in [1.29, 1.82) is 0 Å². The summed E-state index contributed by atoms with van der Waals surface area (Å²) < 4.78 is 5.12. The lowest BCUT2D eigenvalue weighted by Gasteiger charge is -2.20. The van der Waals surface area contributed by atoms with Crippen LogP contribution in [-0.4, -0.2) is 36.2 Å². The average Bonchev–Trinajstić information content (AvgIpc) is 2.36. The second-order valence-corrected chi connectivity index (χ2v) is 5.70. The van der Waals surface area contributed by atoms with Gasteiger partial charge in [0.05, 0.1) is 18.4 Å². The maximum Gasteiger partial charge on any atom is 0.335 e. The molecule has 21 heavy (non-hydrogen) atoms. The van der Waals surface area contributed by atoms with Gasteiger partial charge in [0, 0.05) is 18.5 Å². The van der Waals surface area contributed by atoms with Gasteiger partial charge in [0.15, 0.2) is 0 Å². The summed E-state index contributed by atoms with van der Waals surface area (Å²) in [4.78, 5) is 22.9. The molecule has 6 heteroatoms. The Labute approximate surface area is 124 Å². The largest absolute Gasteiger partial charge is 0.495 e. The van der Waals surface area contributed by atoms with Crippen LogP contribution in [0, 0.1) is 0 Å². The molecule has 6 nitrogen and oxygen atoms in total. The van der Waals surface area contributed by atoms with E-state index in [9.17, 15) is 9.59 Å². The summed E-state index contributed by atoms with van der Waals surface area (Å²) in [7, 11) is 1.46. The molecule has 0 atom stereocenters. The van der Waals surface area contributed by atoms with Crippen LogP contribution in [0.25, 0.3) is 0 Å². The molecule has 0 spiro atoms. The topological polar surface area (TPSA) is 87.7 Å². The van der Waals surface area contributed by atoms with Crippen molar-refractivity contribution in [2.75, 3.05) is 19.0 Å². The minimum absolute atomic E-state index is 0.0544. The quantitative estimate of drug-likeness (QED) is 0.748. The zero-order valence-electron chi connectivity index (χ0n) is 12.8. The highest BCUT2D eigenvalue weighted by Crippen LogP contribution is 2.25. The molecule has 0 aliphatic heterocycles. The van der Waals surface area contributed by atoms with Crippen LogP contribution in [0.1, 0.15) is 37.6 Å². The fourth-order valence-electron chi connectivity index (χ4n) is 1.70.